The van der Waals surface area contributed by atoms with Crippen molar-refractivity contribution in [1.29, 1.82) is 0 Å². The number of carbonyl (C=O) groups is 1. The molecule has 4 rings (SSSR count). The number of hydrogen-bond acceptors (Lipinski definition) is 3. The van der Waals surface area contributed by atoms with Crippen molar-refractivity contribution < 1.29 is 4.79 Å². The van der Waals surface area contributed by atoms with E-state index in [0.717, 1.165) is 32.3 Å². The Morgan fingerprint density at radius 2 is 1.39 bits per heavy atom. The lowest BCUT2D eigenvalue weighted by atomic mass is 10.0. The molecular weight excluding hydrogens is 364 g/mol. The Hall–Kier alpha value is -3.24. The molecule has 1 heterocycles. The third-order valence-electron chi connectivity index (χ3n) is 4.58. The molecule has 138 valence electrons. The summed E-state index contributed by atoms with van der Waals surface area (Å²) in [4.78, 5) is 18.2. The summed E-state index contributed by atoms with van der Waals surface area (Å²) in [5.74, 6) is -0.0753. The van der Waals surface area contributed by atoms with E-state index < -0.39 is 0 Å². The molecule has 0 aliphatic heterocycles. The van der Waals surface area contributed by atoms with Crippen molar-refractivity contribution in [2.45, 2.75) is 13.5 Å². The Labute approximate surface area is 168 Å². The molecule has 4 heteroatoms. The Morgan fingerprint density at radius 1 is 0.821 bits per heavy atom. The van der Waals surface area contributed by atoms with Crippen molar-refractivity contribution in [2.24, 2.45) is 0 Å². The molecule has 1 N–H and O–H groups in total. The van der Waals surface area contributed by atoms with Crippen molar-refractivity contribution in [3.8, 4) is 21.7 Å². The third kappa shape index (κ3) is 4.02. The van der Waals surface area contributed by atoms with Crippen LogP contribution in [0.2, 0.25) is 0 Å². The Kier molecular flexibility index (Phi) is 5.31. The van der Waals surface area contributed by atoms with Crippen molar-refractivity contribution in [2.75, 3.05) is 0 Å². The van der Waals surface area contributed by atoms with Crippen LogP contribution >= 0.6 is 11.3 Å². The fraction of sp³-hybridized carbons (Fsp3) is 0.0833. The highest BCUT2D eigenvalue weighted by Crippen LogP contribution is 2.27. The lowest BCUT2D eigenvalue weighted by Gasteiger charge is -2.06. The standard InChI is InChI=1S/C24H20N2OS/c1-17-22(28-24(26-17)21-10-6-3-7-11-21)16-25-23(27)20-14-12-19(13-15-20)18-8-4-2-5-9-18/h2-15H,16H2,1H3,(H,25,27). The van der Waals surface area contributed by atoms with Crippen LogP contribution in [0.15, 0.2) is 84.9 Å². The monoisotopic (exact) mass is 384 g/mol. The molecule has 0 unspecified atom stereocenters. The van der Waals surface area contributed by atoms with Crippen molar-refractivity contribution in [1.82, 2.24) is 10.3 Å². The fourth-order valence-corrected chi connectivity index (χ4v) is 4.01. The molecule has 0 radical (unpaired) electrons. The Morgan fingerprint density at radius 3 is 2.04 bits per heavy atom. The van der Waals surface area contributed by atoms with E-state index in [0.29, 0.717) is 12.1 Å². The number of aryl methyl sites for hydroxylation is 1. The molecule has 0 bridgehead atoms. The maximum Gasteiger partial charge on any atom is 0.251 e. The largest absolute Gasteiger partial charge is 0.347 e. The smallest absolute Gasteiger partial charge is 0.251 e. The van der Waals surface area contributed by atoms with E-state index in [1.165, 1.54) is 0 Å². The molecule has 1 aromatic heterocycles. The van der Waals surface area contributed by atoms with Gasteiger partial charge in [-0.05, 0) is 30.2 Å². The van der Waals surface area contributed by atoms with E-state index in [1.807, 2.05) is 67.6 Å². The number of amides is 1. The molecule has 0 aliphatic rings. The lowest BCUT2D eigenvalue weighted by molar-refractivity contribution is 0.0951. The predicted molar refractivity (Wildman–Crippen MR) is 115 cm³/mol. The van der Waals surface area contributed by atoms with Crippen molar-refractivity contribution in [3.05, 3.63) is 101 Å². The minimum absolute atomic E-state index is 0.0753. The van der Waals surface area contributed by atoms with Crippen LogP contribution in [0, 0.1) is 6.92 Å². The molecule has 0 saturated heterocycles. The SMILES string of the molecule is Cc1nc(-c2ccccc2)sc1CNC(=O)c1ccc(-c2ccccc2)cc1. The Balaban J connectivity index is 1.43. The molecule has 0 aliphatic carbocycles. The van der Waals surface area contributed by atoms with Crippen LogP contribution in [0.4, 0.5) is 0 Å². The average Bonchev–Trinajstić information content (AvgIpc) is 3.14. The number of hydrogen-bond donors (Lipinski definition) is 1. The first-order valence-electron chi connectivity index (χ1n) is 9.16. The van der Waals surface area contributed by atoms with Crippen molar-refractivity contribution >= 4 is 17.2 Å². The zero-order valence-electron chi connectivity index (χ0n) is 15.6. The summed E-state index contributed by atoms with van der Waals surface area (Å²) in [5, 5.41) is 3.99. The summed E-state index contributed by atoms with van der Waals surface area (Å²) in [7, 11) is 0. The molecular formula is C24H20N2OS. The first-order chi connectivity index (χ1) is 13.7. The summed E-state index contributed by atoms with van der Waals surface area (Å²) < 4.78 is 0. The highest BCUT2D eigenvalue weighted by Gasteiger charge is 2.11. The Bertz CT molecular complexity index is 1070. The summed E-state index contributed by atoms with van der Waals surface area (Å²) in [6.45, 7) is 2.47. The van der Waals surface area contributed by atoms with Crippen LogP contribution in [0.1, 0.15) is 20.9 Å². The van der Waals surface area contributed by atoms with E-state index in [4.69, 9.17) is 0 Å². The third-order valence-corrected chi connectivity index (χ3v) is 5.78. The summed E-state index contributed by atoms with van der Waals surface area (Å²) in [5.41, 5.74) is 4.96. The van der Waals surface area contributed by atoms with E-state index in [-0.39, 0.29) is 5.91 Å². The van der Waals surface area contributed by atoms with Crippen LogP contribution in [0.5, 0.6) is 0 Å². The van der Waals surface area contributed by atoms with E-state index in [9.17, 15) is 4.79 Å². The number of rotatable bonds is 5. The number of carbonyl (C=O) groups excluding carboxylic acids is 1. The normalized spacial score (nSPS) is 10.6. The highest BCUT2D eigenvalue weighted by molar-refractivity contribution is 7.15. The van der Waals surface area contributed by atoms with Gasteiger partial charge in [0, 0.05) is 16.0 Å². The van der Waals surface area contributed by atoms with Crippen LogP contribution in [0.25, 0.3) is 21.7 Å². The summed E-state index contributed by atoms with van der Waals surface area (Å²) >= 11 is 1.62. The fourth-order valence-electron chi connectivity index (χ4n) is 3.00. The first kappa shape index (κ1) is 18.1. The number of nitrogens with zero attached hydrogens (tertiary/aromatic N) is 1. The van der Waals surface area contributed by atoms with E-state index in [2.05, 4.69) is 34.6 Å². The quantitative estimate of drug-likeness (QED) is 0.478. The van der Waals surface area contributed by atoms with Crippen molar-refractivity contribution in [3.63, 3.8) is 0 Å². The van der Waals surface area contributed by atoms with Gasteiger partial charge in [-0.3, -0.25) is 4.79 Å². The topological polar surface area (TPSA) is 42.0 Å². The maximum atomic E-state index is 12.5. The number of thiazole rings is 1. The van der Waals surface area contributed by atoms with E-state index >= 15 is 0 Å². The van der Waals surface area contributed by atoms with Crippen LogP contribution in [-0.4, -0.2) is 10.9 Å². The highest BCUT2D eigenvalue weighted by atomic mass is 32.1. The van der Waals surface area contributed by atoms with Gasteiger partial charge in [-0.2, -0.15) is 0 Å². The van der Waals surface area contributed by atoms with Gasteiger partial charge in [0.1, 0.15) is 5.01 Å². The molecule has 0 spiro atoms. The minimum Gasteiger partial charge on any atom is -0.347 e. The molecule has 3 nitrogen and oxygen atoms in total. The predicted octanol–water partition coefficient (Wildman–Crippen LogP) is 5.72. The van der Waals surface area contributed by atoms with Gasteiger partial charge in [-0.25, -0.2) is 4.98 Å². The van der Waals surface area contributed by atoms with Crippen LogP contribution in [0.3, 0.4) is 0 Å². The lowest BCUT2D eigenvalue weighted by Crippen LogP contribution is -2.22. The first-order valence-corrected chi connectivity index (χ1v) is 9.98. The van der Waals surface area contributed by atoms with E-state index in [1.54, 1.807) is 11.3 Å². The maximum absolute atomic E-state index is 12.5. The van der Waals surface area contributed by atoms with Gasteiger partial charge in [0.05, 0.1) is 12.2 Å². The average molecular weight is 385 g/mol. The molecule has 28 heavy (non-hydrogen) atoms. The molecule has 0 fully saturated rings. The number of nitrogens with one attached hydrogen (secondary N) is 1. The molecule has 1 amide bonds. The summed E-state index contributed by atoms with van der Waals surface area (Å²) in [6, 6.07) is 27.9. The second kappa shape index (κ2) is 8.19. The van der Waals surface area contributed by atoms with Gasteiger partial charge in [0.15, 0.2) is 0 Å². The second-order valence-corrected chi connectivity index (χ2v) is 7.60. The minimum atomic E-state index is -0.0753. The second-order valence-electron chi connectivity index (χ2n) is 6.52. The molecule has 3 aromatic carbocycles. The zero-order chi connectivity index (χ0) is 19.3. The van der Waals surface area contributed by atoms with Gasteiger partial charge in [-0.1, -0.05) is 72.8 Å². The van der Waals surface area contributed by atoms with Crippen LogP contribution in [-0.2, 0) is 6.54 Å². The number of aromatic nitrogens is 1. The van der Waals surface area contributed by atoms with Crippen LogP contribution < -0.4 is 5.32 Å². The molecule has 0 atom stereocenters. The van der Waals surface area contributed by atoms with Gasteiger partial charge in [-0.15, -0.1) is 11.3 Å². The zero-order valence-corrected chi connectivity index (χ0v) is 16.4. The van der Waals surface area contributed by atoms with Gasteiger partial charge < -0.3 is 5.32 Å². The summed E-state index contributed by atoms with van der Waals surface area (Å²) in [6.07, 6.45) is 0. The number of benzene rings is 3. The van der Waals surface area contributed by atoms with Gasteiger partial charge >= 0.3 is 0 Å². The molecule has 0 saturated carbocycles. The molecule has 4 aromatic rings. The van der Waals surface area contributed by atoms with Gasteiger partial charge in [0.2, 0.25) is 0 Å². The van der Waals surface area contributed by atoms with Gasteiger partial charge in [0.25, 0.3) is 5.91 Å².